The number of para-hydroxylation sites is 1. The second-order valence-corrected chi connectivity index (χ2v) is 8.68. The molecule has 0 aliphatic rings. The maximum absolute atomic E-state index is 12.6. The largest absolute Gasteiger partial charge is 0.323 e. The van der Waals surface area contributed by atoms with E-state index in [9.17, 15) is 4.79 Å². The molecule has 7 nitrogen and oxygen atoms in total. The van der Waals surface area contributed by atoms with E-state index in [1.54, 1.807) is 0 Å². The van der Waals surface area contributed by atoms with Crippen LogP contribution in [0.3, 0.4) is 0 Å². The summed E-state index contributed by atoms with van der Waals surface area (Å²) in [6.07, 6.45) is 0.368. The fraction of sp³-hybridized carbons (Fsp3) is 0.250. The molecule has 4 aromatic rings. The molecule has 1 amide bonds. The molecule has 0 bridgehead atoms. The topological polar surface area (TPSA) is 77.6 Å². The molecule has 0 saturated heterocycles. The van der Waals surface area contributed by atoms with Crippen molar-refractivity contribution in [2.24, 2.45) is 7.05 Å². The van der Waals surface area contributed by atoms with Gasteiger partial charge >= 0.3 is 0 Å². The first-order chi connectivity index (χ1) is 15.5. The van der Waals surface area contributed by atoms with Crippen LogP contribution < -0.4 is 5.32 Å². The SMILES string of the molecule is Cc1ccccc1-c1nnc(SCCC(=O)Nc2c(C)nn(-c3ccccc3)c2C)n1C. The second kappa shape index (κ2) is 9.40. The number of aromatic nitrogens is 5. The van der Waals surface area contributed by atoms with Crippen LogP contribution in [0.15, 0.2) is 59.8 Å². The minimum Gasteiger partial charge on any atom is -0.323 e. The molecule has 1 N–H and O–H groups in total. The molecule has 2 heterocycles. The predicted molar refractivity (Wildman–Crippen MR) is 128 cm³/mol. The number of hydrogen-bond donors (Lipinski definition) is 1. The van der Waals surface area contributed by atoms with Crippen molar-refractivity contribution in [3.63, 3.8) is 0 Å². The van der Waals surface area contributed by atoms with Gasteiger partial charge in [-0.3, -0.25) is 4.79 Å². The van der Waals surface area contributed by atoms with Crippen LogP contribution in [0.4, 0.5) is 5.69 Å². The van der Waals surface area contributed by atoms with Gasteiger partial charge in [0.25, 0.3) is 0 Å². The van der Waals surface area contributed by atoms with E-state index >= 15 is 0 Å². The Bertz CT molecular complexity index is 1240. The number of benzene rings is 2. The summed E-state index contributed by atoms with van der Waals surface area (Å²) in [6.45, 7) is 5.93. The number of anilines is 1. The highest BCUT2D eigenvalue weighted by atomic mass is 32.2. The molecular formula is C24H26N6OS. The predicted octanol–water partition coefficient (Wildman–Crippen LogP) is 4.71. The third-order valence-electron chi connectivity index (χ3n) is 5.34. The highest BCUT2D eigenvalue weighted by Crippen LogP contribution is 2.26. The lowest BCUT2D eigenvalue weighted by atomic mass is 10.1. The molecular weight excluding hydrogens is 420 g/mol. The zero-order valence-corrected chi connectivity index (χ0v) is 19.5. The van der Waals surface area contributed by atoms with Gasteiger partial charge in [0.1, 0.15) is 0 Å². The lowest BCUT2D eigenvalue weighted by Gasteiger charge is -2.08. The van der Waals surface area contributed by atoms with E-state index in [4.69, 9.17) is 0 Å². The van der Waals surface area contributed by atoms with Crippen molar-refractivity contribution in [1.82, 2.24) is 24.5 Å². The Morgan fingerprint density at radius 2 is 1.72 bits per heavy atom. The highest BCUT2D eigenvalue weighted by molar-refractivity contribution is 7.99. The molecule has 0 saturated carbocycles. The van der Waals surface area contributed by atoms with Crippen LogP contribution in [-0.4, -0.2) is 36.2 Å². The van der Waals surface area contributed by atoms with Gasteiger partial charge in [0.15, 0.2) is 11.0 Å². The van der Waals surface area contributed by atoms with E-state index in [0.29, 0.717) is 12.2 Å². The van der Waals surface area contributed by atoms with Gasteiger partial charge in [-0.05, 0) is 38.5 Å². The van der Waals surface area contributed by atoms with Crippen LogP contribution in [0.25, 0.3) is 17.1 Å². The molecule has 2 aromatic carbocycles. The van der Waals surface area contributed by atoms with Crippen molar-refractivity contribution < 1.29 is 4.79 Å². The molecule has 164 valence electrons. The minimum atomic E-state index is -0.0439. The normalized spacial score (nSPS) is 11.0. The summed E-state index contributed by atoms with van der Waals surface area (Å²) in [4.78, 5) is 12.6. The monoisotopic (exact) mass is 446 g/mol. The van der Waals surface area contributed by atoms with E-state index in [0.717, 1.165) is 44.9 Å². The van der Waals surface area contributed by atoms with E-state index in [1.165, 1.54) is 11.8 Å². The van der Waals surface area contributed by atoms with Gasteiger partial charge in [0, 0.05) is 24.8 Å². The Balaban J connectivity index is 1.38. The zero-order valence-electron chi connectivity index (χ0n) is 18.7. The van der Waals surface area contributed by atoms with Gasteiger partial charge in [-0.15, -0.1) is 10.2 Å². The molecule has 0 aliphatic heterocycles. The van der Waals surface area contributed by atoms with E-state index < -0.39 is 0 Å². The quantitative estimate of drug-likeness (QED) is 0.416. The molecule has 0 radical (unpaired) electrons. The van der Waals surface area contributed by atoms with Crippen LogP contribution in [0.2, 0.25) is 0 Å². The average molecular weight is 447 g/mol. The van der Waals surface area contributed by atoms with Crippen molar-refractivity contribution in [1.29, 1.82) is 0 Å². The third-order valence-corrected chi connectivity index (χ3v) is 6.36. The number of nitrogens with one attached hydrogen (secondary N) is 1. The minimum absolute atomic E-state index is 0.0439. The van der Waals surface area contributed by atoms with E-state index in [-0.39, 0.29) is 5.91 Å². The summed E-state index contributed by atoms with van der Waals surface area (Å²) in [7, 11) is 1.95. The van der Waals surface area contributed by atoms with Crippen molar-refractivity contribution >= 4 is 23.4 Å². The lowest BCUT2D eigenvalue weighted by molar-refractivity contribution is -0.115. The molecule has 0 fully saturated rings. The Kier molecular flexibility index (Phi) is 6.41. The average Bonchev–Trinajstić information content (AvgIpc) is 3.29. The van der Waals surface area contributed by atoms with Crippen LogP contribution in [-0.2, 0) is 11.8 Å². The third kappa shape index (κ3) is 4.45. The molecule has 32 heavy (non-hydrogen) atoms. The van der Waals surface area contributed by atoms with Gasteiger partial charge in [0.2, 0.25) is 5.91 Å². The maximum Gasteiger partial charge on any atom is 0.225 e. The number of aryl methyl sites for hydroxylation is 2. The van der Waals surface area contributed by atoms with Crippen LogP contribution in [0.5, 0.6) is 0 Å². The number of thioether (sulfide) groups is 1. The summed E-state index contributed by atoms with van der Waals surface area (Å²) in [5.74, 6) is 1.39. The molecule has 4 rings (SSSR count). The summed E-state index contributed by atoms with van der Waals surface area (Å²) < 4.78 is 3.83. The Morgan fingerprint density at radius 1 is 1.00 bits per heavy atom. The standard InChI is InChI=1S/C24H26N6OS/c1-16-10-8-9-13-20(16)23-26-27-24(29(23)4)32-15-14-21(31)25-22-17(2)28-30(18(22)3)19-11-6-5-7-12-19/h5-13H,14-15H2,1-4H3,(H,25,31). The number of amides is 1. The number of carbonyl (C=O) groups is 1. The first kappa shape index (κ1) is 21.8. The second-order valence-electron chi connectivity index (χ2n) is 7.62. The van der Waals surface area contributed by atoms with Crippen molar-refractivity contribution in [3.8, 4) is 17.1 Å². The van der Waals surface area contributed by atoms with Crippen molar-refractivity contribution in [2.45, 2.75) is 32.3 Å². The highest BCUT2D eigenvalue weighted by Gasteiger charge is 2.16. The smallest absolute Gasteiger partial charge is 0.225 e. The molecule has 2 aromatic heterocycles. The van der Waals surface area contributed by atoms with Gasteiger partial charge in [-0.1, -0.05) is 54.2 Å². The fourth-order valence-corrected chi connectivity index (χ4v) is 4.43. The Morgan fingerprint density at radius 3 is 2.47 bits per heavy atom. The van der Waals surface area contributed by atoms with Gasteiger partial charge in [0.05, 0.1) is 22.8 Å². The summed E-state index contributed by atoms with van der Waals surface area (Å²) >= 11 is 1.53. The summed E-state index contributed by atoms with van der Waals surface area (Å²) in [6, 6.07) is 18.0. The maximum atomic E-state index is 12.6. The van der Waals surface area contributed by atoms with Crippen LogP contribution in [0, 0.1) is 20.8 Å². The van der Waals surface area contributed by atoms with Gasteiger partial charge in [-0.2, -0.15) is 5.10 Å². The van der Waals surface area contributed by atoms with Gasteiger partial charge in [-0.25, -0.2) is 4.68 Å². The molecule has 8 heteroatoms. The number of hydrogen-bond acceptors (Lipinski definition) is 5. The fourth-order valence-electron chi connectivity index (χ4n) is 3.58. The first-order valence-corrected chi connectivity index (χ1v) is 11.4. The molecule has 0 atom stereocenters. The molecule has 0 unspecified atom stereocenters. The summed E-state index contributed by atoms with van der Waals surface area (Å²) in [5.41, 5.74) is 5.66. The van der Waals surface area contributed by atoms with Gasteiger partial charge < -0.3 is 9.88 Å². The van der Waals surface area contributed by atoms with Crippen molar-refractivity contribution in [2.75, 3.05) is 11.1 Å². The van der Waals surface area contributed by atoms with E-state index in [1.807, 2.05) is 78.7 Å². The van der Waals surface area contributed by atoms with Crippen LogP contribution >= 0.6 is 11.8 Å². The van der Waals surface area contributed by atoms with E-state index in [2.05, 4.69) is 33.6 Å². The van der Waals surface area contributed by atoms with Crippen LogP contribution in [0.1, 0.15) is 23.4 Å². The number of nitrogens with zero attached hydrogens (tertiary/aromatic N) is 5. The Hall–Kier alpha value is -3.39. The summed E-state index contributed by atoms with van der Waals surface area (Å²) in [5, 5.41) is 17.1. The number of carbonyl (C=O) groups excluding carboxylic acids is 1. The molecule has 0 aliphatic carbocycles. The lowest BCUT2D eigenvalue weighted by Crippen LogP contribution is -2.13. The molecule has 0 spiro atoms. The zero-order chi connectivity index (χ0) is 22.7. The Labute approximate surface area is 191 Å². The number of rotatable bonds is 7. The first-order valence-electron chi connectivity index (χ1n) is 10.5. The van der Waals surface area contributed by atoms with Crippen molar-refractivity contribution in [3.05, 3.63) is 71.5 Å².